The summed E-state index contributed by atoms with van der Waals surface area (Å²) in [7, 11) is -1.31. The number of hydrogen-bond donors (Lipinski definition) is 2. The number of nitrogens with one attached hydrogen (secondary N) is 2. The van der Waals surface area contributed by atoms with Gasteiger partial charge < -0.3 is 5.32 Å². The molecule has 2 rings (SSSR count). The third-order valence-corrected chi connectivity index (χ3v) is 5.22. The van der Waals surface area contributed by atoms with Crippen LogP contribution in [0.4, 0.5) is 0 Å². The first-order chi connectivity index (χ1) is 9.59. The summed E-state index contributed by atoms with van der Waals surface area (Å²) in [6.45, 7) is 1.37. The van der Waals surface area contributed by atoms with Crippen LogP contribution in [0.25, 0.3) is 0 Å². The maximum Gasteiger partial charge on any atom is 0.215 e. The fourth-order valence-electron chi connectivity index (χ4n) is 2.43. The zero-order valence-corrected chi connectivity index (χ0v) is 12.9. The van der Waals surface area contributed by atoms with Crippen molar-refractivity contribution in [1.29, 1.82) is 0 Å². The summed E-state index contributed by atoms with van der Waals surface area (Å²) >= 11 is 0. The topological polar surface area (TPSA) is 58.2 Å². The first kappa shape index (κ1) is 15.5. The summed E-state index contributed by atoms with van der Waals surface area (Å²) in [5.41, 5.74) is 1.99. The van der Waals surface area contributed by atoms with Gasteiger partial charge >= 0.3 is 0 Å². The quantitative estimate of drug-likeness (QED) is 0.771. The molecule has 1 saturated carbocycles. The van der Waals surface area contributed by atoms with E-state index in [-0.39, 0.29) is 5.75 Å². The van der Waals surface area contributed by atoms with Gasteiger partial charge in [0.1, 0.15) is 0 Å². The van der Waals surface area contributed by atoms with Crippen LogP contribution in [0.1, 0.15) is 36.8 Å². The molecule has 0 radical (unpaired) electrons. The van der Waals surface area contributed by atoms with Crippen LogP contribution in [0.2, 0.25) is 0 Å². The summed E-state index contributed by atoms with van der Waals surface area (Å²) in [5, 5.41) is 3.07. The number of sulfonamides is 1. The summed E-state index contributed by atoms with van der Waals surface area (Å²) in [6.07, 6.45) is 4.79. The van der Waals surface area contributed by atoms with Crippen LogP contribution in [0, 0.1) is 5.92 Å². The van der Waals surface area contributed by atoms with E-state index in [4.69, 9.17) is 0 Å². The average molecular weight is 296 g/mol. The maximum absolute atomic E-state index is 12.0. The van der Waals surface area contributed by atoms with Gasteiger partial charge in [0.2, 0.25) is 10.0 Å². The van der Waals surface area contributed by atoms with Crippen molar-refractivity contribution in [2.45, 2.75) is 38.0 Å². The minimum atomic E-state index is -3.21. The molecular formula is C15H24N2O2S. The van der Waals surface area contributed by atoms with E-state index in [2.05, 4.69) is 10.0 Å². The molecule has 4 nitrogen and oxygen atoms in total. The molecule has 1 fully saturated rings. The number of benzene rings is 1. The molecule has 2 N–H and O–H groups in total. The van der Waals surface area contributed by atoms with Crippen LogP contribution in [0.3, 0.4) is 0 Å². The lowest BCUT2D eigenvalue weighted by molar-refractivity contribution is 0.297. The van der Waals surface area contributed by atoms with Gasteiger partial charge in [-0.1, -0.05) is 43.5 Å². The van der Waals surface area contributed by atoms with E-state index in [1.165, 1.54) is 19.3 Å². The number of hydrogen-bond acceptors (Lipinski definition) is 3. The Morgan fingerprint density at radius 3 is 2.35 bits per heavy atom. The summed E-state index contributed by atoms with van der Waals surface area (Å²) in [6, 6.07) is 7.71. The lowest BCUT2D eigenvalue weighted by Crippen LogP contribution is -2.28. The van der Waals surface area contributed by atoms with Gasteiger partial charge in [-0.2, -0.15) is 0 Å². The van der Waals surface area contributed by atoms with Crippen molar-refractivity contribution in [1.82, 2.24) is 10.0 Å². The van der Waals surface area contributed by atoms with Crippen molar-refractivity contribution in [3.05, 3.63) is 35.4 Å². The molecule has 20 heavy (non-hydrogen) atoms. The zero-order valence-electron chi connectivity index (χ0n) is 12.1. The van der Waals surface area contributed by atoms with Gasteiger partial charge in [-0.05, 0) is 30.5 Å². The molecule has 1 aromatic carbocycles. The molecule has 0 amide bonds. The zero-order chi connectivity index (χ0) is 14.4. The summed E-state index contributed by atoms with van der Waals surface area (Å²) < 4.78 is 26.7. The van der Waals surface area contributed by atoms with Crippen LogP contribution < -0.4 is 10.0 Å². The Labute approximate surface area is 122 Å². The molecule has 0 aliphatic heterocycles. The molecule has 0 saturated heterocycles. The highest BCUT2D eigenvalue weighted by Gasteiger charge is 2.18. The second-order valence-electron chi connectivity index (χ2n) is 5.59. The van der Waals surface area contributed by atoms with Gasteiger partial charge in [-0.25, -0.2) is 13.1 Å². The minimum absolute atomic E-state index is 0.0670. The lowest BCUT2D eigenvalue weighted by Gasteiger charge is -2.25. The largest absolute Gasteiger partial charge is 0.316 e. The van der Waals surface area contributed by atoms with E-state index < -0.39 is 10.0 Å². The summed E-state index contributed by atoms with van der Waals surface area (Å²) in [4.78, 5) is 0. The normalized spacial score (nSPS) is 16.1. The molecule has 1 aliphatic carbocycles. The first-order valence-corrected chi connectivity index (χ1v) is 8.94. The van der Waals surface area contributed by atoms with Crippen molar-refractivity contribution >= 4 is 10.0 Å². The molecule has 0 bridgehead atoms. The molecule has 0 unspecified atom stereocenters. The maximum atomic E-state index is 12.0. The van der Waals surface area contributed by atoms with Crippen molar-refractivity contribution in [3.63, 3.8) is 0 Å². The predicted molar refractivity (Wildman–Crippen MR) is 81.8 cm³/mol. The summed E-state index contributed by atoms with van der Waals surface area (Å²) in [5.74, 6) is 0.802. The lowest BCUT2D eigenvalue weighted by atomic mass is 9.83. The first-order valence-electron chi connectivity index (χ1n) is 7.29. The third-order valence-electron chi connectivity index (χ3n) is 3.86. The van der Waals surface area contributed by atoms with E-state index >= 15 is 0 Å². The van der Waals surface area contributed by atoms with Crippen LogP contribution in [-0.4, -0.2) is 22.0 Å². The molecule has 112 valence electrons. The van der Waals surface area contributed by atoms with Gasteiger partial charge in [0.05, 0.1) is 5.75 Å². The molecule has 0 heterocycles. The van der Waals surface area contributed by atoms with Crippen molar-refractivity contribution in [3.8, 4) is 0 Å². The second-order valence-corrected chi connectivity index (χ2v) is 7.39. The van der Waals surface area contributed by atoms with Gasteiger partial charge in [0.25, 0.3) is 0 Å². The van der Waals surface area contributed by atoms with Crippen molar-refractivity contribution < 1.29 is 8.42 Å². The van der Waals surface area contributed by atoms with Gasteiger partial charge in [-0.3, -0.25) is 0 Å². The Kier molecular flexibility index (Phi) is 5.57. The minimum Gasteiger partial charge on any atom is -0.316 e. The molecule has 1 aliphatic rings. The van der Waals surface area contributed by atoms with E-state index in [9.17, 15) is 8.42 Å². The molecule has 1 aromatic rings. The standard InChI is InChI=1S/C15H24N2O2S/c1-16-11-14-5-7-15(8-6-14)12-20(18,19)17-10-9-13-3-2-4-13/h5-8,13,16-17H,2-4,9-12H2,1H3. The smallest absolute Gasteiger partial charge is 0.215 e. The Balaban J connectivity index is 1.80. The van der Waals surface area contributed by atoms with Crippen molar-refractivity contribution in [2.24, 2.45) is 5.92 Å². The molecule has 0 aromatic heterocycles. The third kappa shape index (κ3) is 4.89. The second kappa shape index (κ2) is 7.20. The highest BCUT2D eigenvalue weighted by Crippen LogP contribution is 2.28. The average Bonchev–Trinajstić information content (AvgIpc) is 2.35. The van der Waals surface area contributed by atoms with Gasteiger partial charge in [0, 0.05) is 13.1 Å². The van der Waals surface area contributed by atoms with Crippen LogP contribution >= 0.6 is 0 Å². The van der Waals surface area contributed by atoms with E-state index in [1.54, 1.807) is 0 Å². The highest BCUT2D eigenvalue weighted by molar-refractivity contribution is 7.88. The SMILES string of the molecule is CNCc1ccc(CS(=O)(=O)NCCC2CCC2)cc1. The fraction of sp³-hybridized carbons (Fsp3) is 0.600. The molecule has 5 heteroatoms. The number of rotatable bonds is 8. The monoisotopic (exact) mass is 296 g/mol. The molecule has 0 atom stereocenters. The molecule has 0 spiro atoms. The fourth-order valence-corrected chi connectivity index (χ4v) is 3.59. The van der Waals surface area contributed by atoms with E-state index in [1.807, 2.05) is 31.3 Å². The van der Waals surface area contributed by atoms with Crippen LogP contribution in [0.5, 0.6) is 0 Å². The van der Waals surface area contributed by atoms with Crippen LogP contribution in [-0.2, 0) is 22.3 Å². The van der Waals surface area contributed by atoms with Crippen molar-refractivity contribution in [2.75, 3.05) is 13.6 Å². The van der Waals surface area contributed by atoms with Gasteiger partial charge in [-0.15, -0.1) is 0 Å². The Morgan fingerprint density at radius 1 is 1.15 bits per heavy atom. The highest BCUT2D eigenvalue weighted by atomic mass is 32.2. The Morgan fingerprint density at radius 2 is 1.80 bits per heavy atom. The van der Waals surface area contributed by atoms with Gasteiger partial charge in [0.15, 0.2) is 0 Å². The molecular weight excluding hydrogens is 272 g/mol. The Hall–Kier alpha value is -0.910. The van der Waals surface area contributed by atoms with Crippen LogP contribution in [0.15, 0.2) is 24.3 Å². The predicted octanol–water partition coefficient (Wildman–Crippen LogP) is 2.02. The van der Waals surface area contributed by atoms with E-state index in [0.717, 1.165) is 30.0 Å². The van der Waals surface area contributed by atoms with E-state index in [0.29, 0.717) is 6.54 Å². The Bertz CT molecular complexity index is 507.